The number of alkyl halides is 3. The lowest BCUT2D eigenvalue weighted by molar-refractivity contribution is -0.141. The van der Waals surface area contributed by atoms with Gasteiger partial charge in [-0.15, -0.1) is 0 Å². The molecule has 1 aromatic carbocycles. The highest BCUT2D eigenvalue weighted by Gasteiger charge is 2.34. The summed E-state index contributed by atoms with van der Waals surface area (Å²) < 4.78 is 52.6. The van der Waals surface area contributed by atoms with Crippen LogP contribution in [0.3, 0.4) is 0 Å². The van der Waals surface area contributed by atoms with Crippen LogP contribution in [0.15, 0.2) is 24.3 Å². The average Bonchev–Trinajstić information content (AvgIpc) is 2.49. The highest BCUT2D eigenvalue weighted by Crippen LogP contribution is 2.31. The second kappa shape index (κ2) is 7.18. The van der Waals surface area contributed by atoms with Crippen LogP contribution < -0.4 is 10.6 Å². The minimum absolute atomic E-state index is 0.129. The van der Waals surface area contributed by atoms with Crippen molar-refractivity contribution in [2.75, 3.05) is 17.2 Å². The number of aliphatic hydroxyl groups is 1. The highest BCUT2D eigenvalue weighted by molar-refractivity contribution is 6.30. The summed E-state index contributed by atoms with van der Waals surface area (Å²) in [4.78, 5) is 7.20. The minimum atomic E-state index is -4.72. The van der Waals surface area contributed by atoms with Crippen molar-refractivity contribution >= 4 is 29.1 Å². The molecule has 2 aromatic rings. The number of benzene rings is 1. The van der Waals surface area contributed by atoms with Crippen LogP contribution in [0.2, 0.25) is 5.02 Å². The Morgan fingerprint density at radius 1 is 1.25 bits per heavy atom. The van der Waals surface area contributed by atoms with Gasteiger partial charge in [-0.3, -0.25) is 0 Å². The second-order valence-corrected chi connectivity index (χ2v) is 5.37. The molecule has 10 heteroatoms. The third-order valence-electron chi connectivity index (χ3n) is 2.86. The fraction of sp³-hybridized carbons (Fsp3) is 0.286. The number of anilines is 3. The number of aromatic nitrogens is 2. The van der Waals surface area contributed by atoms with Gasteiger partial charge in [-0.1, -0.05) is 11.6 Å². The van der Waals surface area contributed by atoms with Gasteiger partial charge in [0.05, 0.1) is 12.3 Å². The Morgan fingerprint density at radius 3 is 2.58 bits per heavy atom. The van der Waals surface area contributed by atoms with E-state index in [1.807, 2.05) is 0 Å². The van der Waals surface area contributed by atoms with E-state index in [9.17, 15) is 17.6 Å². The van der Waals surface area contributed by atoms with Gasteiger partial charge in [0.2, 0.25) is 5.95 Å². The Hall–Kier alpha value is -2.13. The van der Waals surface area contributed by atoms with Gasteiger partial charge in [0.15, 0.2) is 5.69 Å². The van der Waals surface area contributed by atoms with Gasteiger partial charge < -0.3 is 15.7 Å². The molecular formula is C14H13ClF4N4O. The maximum Gasteiger partial charge on any atom is 0.433 e. The third kappa shape index (κ3) is 4.68. The van der Waals surface area contributed by atoms with Crippen molar-refractivity contribution in [3.63, 3.8) is 0 Å². The zero-order chi connectivity index (χ0) is 17.9. The van der Waals surface area contributed by atoms with Gasteiger partial charge in [0.1, 0.15) is 11.6 Å². The first-order valence-electron chi connectivity index (χ1n) is 6.75. The summed E-state index contributed by atoms with van der Waals surface area (Å²) in [5.74, 6) is -1.33. The molecule has 0 unspecified atom stereocenters. The van der Waals surface area contributed by atoms with E-state index in [-0.39, 0.29) is 29.1 Å². The highest BCUT2D eigenvalue weighted by atomic mass is 35.5. The van der Waals surface area contributed by atoms with Crippen molar-refractivity contribution in [1.29, 1.82) is 0 Å². The Kier molecular flexibility index (Phi) is 5.45. The normalized spacial score (nSPS) is 12.8. The van der Waals surface area contributed by atoms with E-state index >= 15 is 0 Å². The largest absolute Gasteiger partial charge is 0.433 e. The zero-order valence-electron chi connectivity index (χ0n) is 12.3. The van der Waals surface area contributed by atoms with Gasteiger partial charge in [0.25, 0.3) is 0 Å². The molecule has 24 heavy (non-hydrogen) atoms. The molecule has 0 fully saturated rings. The molecule has 0 aliphatic heterocycles. The molecule has 0 radical (unpaired) electrons. The smallest absolute Gasteiger partial charge is 0.394 e. The standard InChI is InChI=1S/C14H13ClF4N4O/c1-7(6-24)20-13-22-11(14(17,18)19)5-12(23-13)21-10-4-8(15)2-3-9(10)16/h2-5,7,24H,6H2,1H3,(H2,20,21,22,23)/t7-/m0/s1. The first-order valence-corrected chi connectivity index (χ1v) is 7.12. The van der Waals surface area contributed by atoms with E-state index in [1.165, 1.54) is 19.1 Å². The number of nitrogens with one attached hydrogen (secondary N) is 2. The number of hydrogen-bond acceptors (Lipinski definition) is 5. The van der Waals surface area contributed by atoms with Crippen LogP contribution >= 0.6 is 11.6 Å². The first kappa shape index (κ1) is 18.2. The summed E-state index contributed by atoms with van der Waals surface area (Å²) in [6.07, 6.45) is -4.72. The Labute approximate surface area is 139 Å². The number of halogens is 5. The Morgan fingerprint density at radius 2 is 1.96 bits per heavy atom. The van der Waals surface area contributed by atoms with Crippen molar-refractivity contribution in [1.82, 2.24) is 9.97 Å². The van der Waals surface area contributed by atoms with Crippen LogP contribution in [-0.4, -0.2) is 27.7 Å². The molecule has 0 bridgehead atoms. The maximum absolute atomic E-state index is 13.7. The third-order valence-corrected chi connectivity index (χ3v) is 3.09. The number of hydrogen-bond donors (Lipinski definition) is 3. The van der Waals surface area contributed by atoms with Crippen LogP contribution in [0.5, 0.6) is 0 Å². The van der Waals surface area contributed by atoms with Gasteiger partial charge in [-0.05, 0) is 25.1 Å². The average molecular weight is 365 g/mol. The summed E-state index contributed by atoms with van der Waals surface area (Å²) in [6, 6.07) is 3.68. The SMILES string of the molecule is C[C@@H](CO)Nc1nc(Nc2cc(Cl)ccc2F)cc(C(F)(F)F)n1. The summed E-state index contributed by atoms with van der Waals surface area (Å²) in [5, 5.41) is 14.1. The number of aliphatic hydroxyl groups excluding tert-OH is 1. The van der Waals surface area contributed by atoms with Gasteiger partial charge >= 0.3 is 6.18 Å². The van der Waals surface area contributed by atoms with E-state index in [4.69, 9.17) is 16.7 Å². The molecule has 0 amide bonds. The van der Waals surface area contributed by atoms with E-state index in [1.54, 1.807) is 0 Å². The lowest BCUT2D eigenvalue weighted by Crippen LogP contribution is -2.22. The quantitative estimate of drug-likeness (QED) is 0.703. The predicted molar refractivity (Wildman–Crippen MR) is 81.9 cm³/mol. The van der Waals surface area contributed by atoms with Gasteiger partial charge in [-0.2, -0.15) is 18.2 Å². The molecule has 130 valence electrons. The summed E-state index contributed by atoms with van der Waals surface area (Å²) in [5.41, 5.74) is -1.34. The summed E-state index contributed by atoms with van der Waals surface area (Å²) in [6.45, 7) is 1.21. The van der Waals surface area contributed by atoms with Crippen LogP contribution in [0.1, 0.15) is 12.6 Å². The van der Waals surface area contributed by atoms with Crippen LogP contribution in [0, 0.1) is 5.82 Å². The molecule has 3 N–H and O–H groups in total. The Balaban J connectivity index is 2.40. The monoisotopic (exact) mass is 364 g/mol. The summed E-state index contributed by atoms with van der Waals surface area (Å²) in [7, 11) is 0. The van der Waals surface area contributed by atoms with Crippen molar-refractivity contribution in [2.24, 2.45) is 0 Å². The van der Waals surface area contributed by atoms with Crippen molar-refractivity contribution < 1.29 is 22.7 Å². The molecule has 0 aliphatic rings. The lowest BCUT2D eigenvalue weighted by atomic mass is 10.3. The molecule has 0 aliphatic carbocycles. The number of rotatable bonds is 5. The first-order chi connectivity index (χ1) is 11.2. The van der Waals surface area contributed by atoms with E-state index < -0.39 is 23.7 Å². The van der Waals surface area contributed by atoms with Crippen molar-refractivity contribution in [3.05, 3.63) is 40.8 Å². The van der Waals surface area contributed by atoms with E-state index in [0.717, 1.165) is 6.07 Å². The van der Waals surface area contributed by atoms with Crippen LogP contribution in [-0.2, 0) is 6.18 Å². The predicted octanol–water partition coefficient (Wildman–Crippen LogP) is 3.82. The Bertz CT molecular complexity index is 726. The van der Waals surface area contributed by atoms with E-state index in [2.05, 4.69) is 20.6 Å². The molecule has 0 saturated heterocycles. The van der Waals surface area contributed by atoms with Gasteiger partial charge in [-0.25, -0.2) is 9.37 Å². The molecular weight excluding hydrogens is 352 g/mol. The number of nitrogens with zero attached hydrogens (tertiary/aromatic N) is 2. The molecule has 1 aromatic heterocycles. The van der Waals surface area contributed by atoms with Crippen LogP contribution in [0.4, 0.5) is 35.0 Å². The molecule has 2 rings (SSSR count). The van der Waals surface area contributed by atoms with Crippen LogP contribution in [0.25, 0.3) is 0 Å². The molecule has 5 nitrogen and oxygen atoms in total. The lowest BCUT2D eigenvalue weighted by Gasteiger charge is -2.15. The molecule has 0 saturated carbocycles. The van der Waals surface area contributed by atoms with Crippen molar-refractivity contribution in [2.45, 2.75) is 19.1 Å². The van der Waals surface area contributed by atoms with Crippen molar-refractivity contribution in [3.8, 4) is 0 Å². The topological polar surface area (TPSA) is 70.1 Å². The minimum Gasteiger partial charge on any atom is -0.394 e. The molecule has 0 spiro atoms. The maximum atomic E-state index is 13.7. The second-order valence-electron chi connectivity index (χ2n) is 4.94. The van der Waals surface area contributed by atoms with Gasteiger partial charge in [0, 0.05) is 17.1 Å². The molecule has 1 heterocycles. The summed E-state index contributed by atoms with van der Waals surface area (Å²) >= 11 is 5.75. The van der Waals surface area contributed by atoms with E-state index in [0.29, 0.717) is 6.07 Å². The fourth-order valence-corrected chi connectivity index (χ4v) is 1.89. The zero-order valence-corrected chi connectivity index (χ0v) is 13.1. The fourth-order valence-electron chi connectivity index (χ4n) is 1.72. The molecule has 1 atom stereocenters.